The van der Waals surface area contributed by atoms with Crippen molar-refractivity contribution in [3.8, 4) is 0 Å². The van der Waals surface area contributed by atoms with Crippen molar-refractivity contribution in [2.45, 2.75) is 83.0 Å². The number of carbonyl (C=O) groups excluding carboxylic acids is 2. The van der Waals surface area contributed by atoms with E-state index < -0.39 is 0 Å². The Morgan fingerprint density at radius 3 is 2.26 bits per heavy atom. The third kappa shape index (κ3) is 4.03. The normalized spacial score (nSPS) is 34.4. The van der Waals surface area contributed by atoms with Gasteiger partial charge in [-0.1, -0.05) is 42.7 Å². The van der Waals surface area contributed by atoms with Gasteiger partial charge in [-0.05, 0) is 81.1 Å². The van der Waals surface area contributed by atoms with Gasteiger partial charge in [-0.3, -0.25) is 9.59 Å². The van der Waals surface area contributed by atoms with Gasteiger partial charge in [0.25, 0.3) is 0 Å². The summed E-state index contributed by atoms with van der Waals surface area (Å²) in [5.74, 6) is 1.78. The van der Waals surface area contributed by atoms with E-state index in [-0.39, 0.29) is 22.6 Å². The zero-order valence-corrected chi connectivity index (χ0v) is 19.1. The number of benzene rings is 1. The quantitative estimate of drug-likeness (QED) is 0.745. The van der Waals surface area contributed by atoms with Crippen molar-refractivity contribution in [1.82, 2.24) is 10.2 Å². The Kier molecular flexibility index (Phi) is 5.60. The summed E-state index contributed by atoms with van der Waals surface area (Å²) in [5, 5.41) is 3.22. The Bertz CT molecular complexity index is 808. The molecule has 2 atom stereocenters. The van der Waals surface area contributed by atoms with Gasteiger partial charge < -0.3 is 10.2 Å². The molecular weight excluding hydrogens is 384 g/mol. The SMILES string of the molecule is Cc1ccc(C23CC4CC(CC(C(=O)NCCC(=O)N5CCCCCC5)(C4)C2)C3)cc1. The Labute approximate surface area is 187 Å². The van der Waals surface area contributed by atoms with Crippen LogP contribution in [0.3, 0.4) is 0 Å². The van der Waals surface area contributed by atoms with Gasteiger partial charge >= 0.3 is 0 Å². The lowest BCUT2D eigenvalue weighted by Crippen LogP contribution is -2.59. The number of hydrogen-bond acceptors (Lipinski definition) is 2. The zero-order chi connectivity index (χ0) is 21.5. The fraction of sp³-hybridized carbons (Fsp3) is 0.704. The van der Waals surface area contributed by atoms with Crippen LogP contribution in [0.15, 0.2) is 24.3 Å². The highest BCUT2D eigenvalue weighted by atomic mass is 16.2. The fourth-order valence-corrected chi connectivity index (χ4v) is 7.72. The first kappa shape index (κ1) is 21.0. The van der Waals surface area contributed by atoms with E-state index in [0.717, 1.165) is 45.2 Å². The number of aryl methyl sites for hydroxylation is 1. The fourth-order valence-electron chi connectivity index (χ4n) is 7.72. The predicted octanol–water partition coefficient (Wildman–Crippen LogP) is 4.74. The number of rotatable bonds is 5. The zero-order valence-electron chi connectivity index (χ0n) is 19.1. The third-order valence-corrected chi connectivity index (χ3v) is 8.79. The van der Waals surface area contributed by atoms with E-state index in [0.29, 0.717) is 24.8 Å². The molecule has 4 heteroatoms. The second kappa shape index (κ2) is 8.26. The van der Waals surface area contributed by atoms with Crippen LogP contribution in [-0.4, -0.2) is 36.3 Å². The minimum Gasteiger partial charge on any atom is -0.355 e. The van der Waals surface area contributed by atoms with E-state index in [1.165, 1.54) is 43.2 Å². The molecule has 1 aromatic carbocycles. The molecule has 31 heavy (non-hydrogen) atoms. The molecule has 2 amide bonds. The van der Waals surface area contributed by atoms with Gasteiger partial charge in [0.1, 0.15) is 0 Å². The number of hydrogen-bond donors (Lipinski definition) is 1. The summed E-state index contributed by atoms with van der Waals surface area (Å²) >= 11 is 0. The second-order valence-electron chi connectivity index (χ2n) is 11.2. The van der Waals surface area contributed by atoms with Crippen LogP contribution in [0.25, 0.3) is 0 Å². The van der Waals surface area contributed by atoms with Crippen molar-refractivity contribution >= 4 is 11.8 Å². The molecule has 4 aliphatic carbocycles. The van der Waals surface area contributed by atoms with Gasteiger partial charge in [0, 0.05) is 26.1 Å². The Hall–Kier alpha value is -1.84. The van der Waals surface area contributed by atoms with Crippen LogP contribution in [0.4, 0.5) is 0 Å². The molecule has 168 valence electrons. The molecule has 0 aromatic heterocycles. The molecule has 1 aliphatic heterocycles. The minimum absolute atomic E-state index is 0.178. The van der Waals surface area contributed by atoms with Crippen molar-refractivity contribution < 1.29 is 9.59 Å². The van der Waals surface area contributed by atoms with Crippen LogP contribution in [0, 0.1) is 24.2 Å². The summed E-state index contributed by atoms with van der Waals surface area (Å²) in [5.41, 5.74) is 2.70. The van der Waals surface area contributed by atoms with Crippen molar-refractivity contribution in [2.75, 3.05) is 19.6 Å². The van der Waals surface area contributed by atoms with Crippen LogP contribution in [0.5, 0.6) is 0 Å². The maximum atomic E-state index is 13.5. The number of likely N-dealkylation sites (tertiary alicyclic amines) is 1. The Morgan fingerprint density at radius 2 is 1.61 bits per heavy atom. The van der Waals surface area contributed by atoms with Crippen LogP contribution in [-0.2, 0) is 15.0 Å². The molecule has 2 unspecified atom stereocenters. The highest BCUT2D eigenvalue weighted by Crippen LogP contribution is 2.65. The molecule has 1 saturated heterocycles. The minimum atomic E-state index is -0.222. The first-order valence-electron chi connectivity index (χ1n) is 12.6. The maximum absolute atomic E-state index is 13.5. The lowest BCUT2D eigenvalue weighted by Gasteiger charge is -2.61. The third-order valence-electron chi connectivity index (χ3n) is 8.79. The Balaban J connectivity index is 1.24. The van der Waals surface area contributed by atoms with Crippen LogP contribution in [0.2, 0.25) is 0 Å². The molecular formula is C27H38N2O2. The van der Waals surface area contributed by atoms with E-state index in [2.05, 4.69) is 36.5 Å². The largest absolute Gasteiger partial charge is 0.355 e. The highest BCUT2D eigenvalue weighted by Gasteiger charge is 2.60. The standard InChI is InChI=1S/C27H38N2O2/c1-20-6-8-23(9-7-20)26-15-21-14-22(16-26)18-27(17-21,19-26)25(31)28-11-10-24(30)29-12-4-2-3-5-13-29/h6-9,21-22H,2-5,10-19H2,1H3,(H,28,31). The van der Waals surface area contributed by atoms with E-state index >= 15 is 0 Å². The van der Waals surface area contributed by atoms with Gasteiger partial charge in [-0.15, -0.1) is 0 Å². The summed E-state index contributed by atoms with van der Waals surface area (Å²) in [7, 11) is 0. The smallest absolute Gasteiger partial charge is 0.226 e. The molecule has 0 spiro atoms. The second-order valence-corrected chi connectivity index (χ2v) is 11.2. The number of nitrogens with one attached hydrogen (secondary N) is 1. The average molecular weight is 423 g/mol. The van der Waals surface area contributed by atoms with Crippen LogP contribution >= 0.6 is 0 Å². The van der Waals surface area contributed by atoms with E-state index in [4.69, 9.17) is 0 Å². The molecule has 4 saturated carbocycles. The van der Waals surface area contributed by atoms with Gasteiger partial charge in [0.05, 0.1) is 5.41 Å². The summed E-state index contributed by atoms with van der Waals surface area (Å²) < 4.78 is 0. The topological polar surface area (TPSA) is 49.4 Å². The highest BCUT2D eigenvalue weighted by molar-refractivity contribution is 5.84. The van der Waals surface area contributed by atoms with Gasteiger partial charge in [0.2, 0.25) is 11.8 Å². The van der Waals surface area contributed by atoms with Crippen LogP contribution < -0.4 is 5.32 Å². The molecule has 0 radical (unpaired) electrons. The lowest BCUT2D eigenvalue weighted by molar-refractivity contribution is -0.149. The van der Waals surface area contributed by atoms with Gasteiger partial charge in [-0.2, -0.15) is 0 Å². The van der Waals surface area contributed by atoms with E-state index in [1.807, 2.05) is 4.90 Å². The monoisotopic (exact) mass is 422 g/mol. The first-order chi connectivity index (χ1) is 15.0. The summed E-state index contributed by atoms with van der Waals surface area (Å²) in [4.78, 5) is 28.1. The van der Waals surface area contributed by atoms with Gasteiger partial charge in [0.15, 0.2) is 0 Å². The average Bonchev–Trinajstić information content (AvgIpc) is 3.03. The first-order valence-corrected chi connectivity index (χ1v) is 12.6. The molecule has 1 N–H and O–H groups in total. The number of amides is 2. The maximum Gasteiger partial charge on any atom is 0.226 e. The van der Waals surface area contributed by atoms with E-state index in [9.17, 15) is 9.59 Å². The van der Waals surface area contributed by atoms with Crippen molar-refractivity contribution in [1.29, 1.82) is 0 Å². The summed E-state index contributed by atoms with van der Waals surface area (Å²) in [6.45, 7) is 4.41. The molecule has 1 aromatic rings. The van der Waals surface area contributed by atoms with Gasteiger partial charge in [-0.25, -0.2) is 0 Å². The van der Waals surface area contributed by atoms with Crippen molar-refractivity contribution in [2.24, 2.45) is 17.3 Å². The predicted molar refractivity (Wildman–Crippen MR) is 123 cm³/mol. The molecule has 1 heterocycles. The molecule has 4 nitrogen and oxygen atoms in total. The van der Waals surface area contributed by atoms with Crippen molar-refractivity contribution in [3.63, 3.8) is 0 Å². The number of nitrogens with zero attached hydrogens (tertiary/aromatic N) is 1. The van der Waals surface area contributed by atoms with Crippen molar-refractivity contribution in [3.05, 3.63) is 35.4 Å². The molecule has 4 bridgehead atoms. The molecule has 5 fully saturated rings. The number of carbonyl (C=O) groups is 2. The summed E-state index contributed by atoms with van der Waals surface area (Å²) in [6, 6.07) is 9.09. The summed E-state index contributed by atoms with van der Waals surface area (Å²) in [6.07, 6.45) is 12.0. The van der Waals surface area contributed by atoms with E-state index in [1.54, 1.807) is 0 Å². The van der Waals surface area contributed by atoms with Crippen LogP contribution in [0.1, 0.15) is 81.8 Å². The molecule has 6 rings (SSSR count). The molecule has 5 aliphatic rings. The Morgan fingerprint density at radius 1 is 0.968 bits per heavy atom. The lowest BCUT2D eigenvalue weighted by atomic mass is 9.42.